The number of nitrogen functional groups attached to an aromatic ring is 1. The number of rotatable bonds is 2. The van der Waals surface area contributed by atoms with Crippen LogP contribution in [0, 0.1) is 0 Å². The predicted molar refractivity (Wildman–Crippen MR) is 66.9 cm³/mol. The van der Waals surface area contributed by atoms with Crippen molar-refractivity contribution in [1.29, 1.82) is 0 Å². The lowest BCUT2D eigenvalue weighted by atomic mass is 10.1. The monoisotopic (exact) mass is 281 g/mol. The van der Waals surface area contributed by atoms with Gasteiger partial charge in [-0.3, -0.25) is 0 Å². The van der Waals surface area contributed by atoms with Crippen molar-refractivity contribution >= 4 is 33.7 Å². The molecular formula is C12H12BrNO2. The molecule has 0 aliphatic heterocycles. The summed E-state index contributed by atoms with van der Waals surface area (Å²) in [7, 11) is 0. The fraction of sp³-hybridized carbons (Fsp3) is 0.250. The lowest BCUT2D eigenvalue weighted by Crippen LogP contribution is -2.07. The van der Waals surface area contributed by atoms with Crippen molar-refractivity contribution in [3.63, 3.8) is 0 Å². The van der Waals surface area contributed by atoms with Crippen LogP contribution in [0.3, 0.4) is 0 Å². The Morgan fingerprint density at radius 1 is 1.56 bits per heavy atom. The van der Waals surface area contributed by atoms with Crippen molar-refractivity contribution in [2.24, 2.45) is 0 Å². The van der Waals surface area contributed by atoms with E-state index in [1.54, 1.807) is 6.92 Å². The number of ether oxygens (including phenoxy) is 1. The molecule has 0 saturated heterocycles. The van der Waals surface area contributed by atoms with Crippen molar-refractivity contribution < 1.29 is 9.53 Å². The molecule has 1 aliphatic carbocycles. The second-order valence-electron chi connectivity index (χ2n) is 3.64. The molecule has 0 amide bonds. The highest BCUT2D eigenvalue weighted by atomic mass is 79.9. The first kappa shape index (κ1) is 11.2. The van der Waals surface area contributed by atoms with Gasteiger partial charge in [-0.1, -0.05) is 15.9 Å². The number of nitrogens with two attached hydrogens (primary N) is 1. The first-order valence-electron chi connectivity index (χ1n) is 5.07. The van der Waals surface area contributed by atoms with Gasteiger partial charge in [-0.25, -0.2) is 4.79 Å². The average molecular weight is 282 g/mol. The van der Waals surface area contributed by atoms with Gasteiger partial charge in [0.25, 0.3) is 0 Å². The maximum atomic E-state index is 11.6. The molecule has 0 spiro atoms. The van der Waals surface area contributed by atoms with Gasteiger partial charge in [0, 0.05) is 22.2 Å². The molecule has 3 nitrogen and oxygen atoms in total. The number of carbonyl (C=O) groups is 1. The van der Waals surface area contributed by atoms with Gasteiger partial charge in [0.1, 0.15) is 0 Å². The number of fused-ring (bicyclic) bond motifs is 1. The Morgan fingerprint density at radius 3 is 3.00 bits per heavy atom. The van der Waals surface area contributed by atoms with Crippen LogP contribution < -0.4 is 5.73 Å². The van der Waals surface area contributed by atoms with Crippen LogP contribution in [0.15, 0.2) is 22.2 Å². The fourth-order valence-electron chi connectivity index (χ4n) is 1.78. The van der Waals surface area contributed by atoms with Gasteiger partial charge < -0.3 is 10.5 Å². The van der Waals surface area contributed by atoms with E-state index in [0.717, 1.165) is 15.6 Å². The Labute approximate surface area is 102 Å². The number of hydrogen-bond donors (Lipinski definition) is 1. The minimum absolute atomic E-state index is 0.246. The van der Waals surface area contributed by atoms with E-state index in [1.807, 2.05) is 18.2 Å². The molecule has 0 radical (unpaired) electrons. The zero-order valence-corrected chi connectivity index (χ0v) is 10.5. The summed E-state index contributed by atoms with van der Waals surface area (Å²) >= 11 is 3.45. The van der Waals surface area contributed by atoms with Gasteiger partial charge >= 0.3 is 5.97 Å². The van der Waals surface area contributed by atoms with Gasteiger partial charge in [0.2, 0.25) is 0 Å². The third-order valence-electron chi connectivity index (χ3n) is 2.49. The molecule has 0 aromatic heterocycles. The molecule has 0 unspecified atom stereocenters. The van der Waals surface area contributed by atoms with Gasteiger partial charge in [0.05, 0.1) is 6.61 Å². The van der Waals surface area contributed by atoms with Crippen LogP contribution in [0.5, 0.6) is 0 Å². The maximum absolute atomic E-state index is 11.6. The molecule has 1 aromatic carbocycles. The number of carbonyl (C=O) groups excluding carboxylic acids is 1. The van der Waals surface area contributed by atoms with Gasteiger partial charge in [-0.15, -0.1) is 0 Å². The topological polar surface area (TPSA) is 52.3 Å². The van der Waals surface area contributed by atoms with E-state index in [4.69, 9.17) is 10.5 Å². The third-order valence-corrected chi connectivity index (χ3v) is 3.19. The first-order chi connectivity index (χ1) is 7.61. The number of esters is 1. The Balaban J connectivity index is 2.31. The smallest absolute Gasteiger partial charge is 0.334 e. The molecular weight excluding hydrogens is 270 g/mol. The van der Waals surface area contributed by atoms with E-state index < -0.39 is 0 Å². The molecule has 0 bridgehead atoms. The van der Waals surface area contributed by atoms with Crippen molar-refractivity contribution in [1.82, 2.24) is 0 Å². The minimum atomic E-state index is -0.246. The van der Waals surface area contributed by atoms with Crippen LogP contribution in [0.2, 0.25) is 0 Å². The Bertz CT molecular complexity index is 480. The maximum Gasteiger partial charge on any atom is 0.334 e. The Morgan fingerprint density at radius 2 is 2.31 bits per heavy atom. The van der Waals surface area contributed by atoms with Gasteiger partial charge in [-0.2, -0.15) is 0 Å². The van der Waals surface area contributed by atoms with E-state index in [0.29, 0.717) is 24.3 Å². The minimum Gasteiger partial charge on any atom is -0.463 e. The number of benzene rings is 1. The molecule has 1 aliphatic rings. The van der Waals surface area contributed by atoms with E-state index >= 15 is 0 Å². The summed E-state index contributed by atoms with van der Waals surface area (Å²) in [4.78, 5) is 11.6. The quantitative estimate of drug-likeness (QED) is 0.670. The lowest BCUT2D eigenvalue weighted by molar-refractivity contribution is -0.138. The third kappa shape index (κ3) is 1.97. The molecule has 16 heavy (non-hydrogen) atoms. The molecule has 0 heterocycles. The number of anilines is 1. The highest BCUT2D eigenvalue weighted by molar-refractivity contribution is 9.10. The largest absolute Gasteiger partial charge is 0.463 e. The van der Waals surface area contributed by atoms with Crippen molar-refractivity contribution in [3.05, 3.63) is 33.3 Å². The molecule has 2 rings (SSSR count). The predicted octanol–water partition coefficient (Wildman–Crippen LogP) is 2.53. The number of hydrogen-bond acceptors (Lipinski definition) is 3. The van der Waals surface area contributed by atoms with Crippen molar-refractivity contribution in [2.45, 2.75) is 13.3 Å². The molecule has 2 N–H and O–H groups in total. The molecule has 84 valence electrons. The molecule has 0 fully saturated rings. The molecule has 1 aromatic rings. The summed E-state index contributed by atoms with van der Waals surface area (Å²) in [5.41, 5.74) is 9.20. The summed E-state index contributed by atoms with van der Waals surface area (Å²) in [6.07, 6.45) is 2.45. The van der Waals surface area contributed by atoms with E-state index in [9.17, 15) is 4.79 Å². The highest BCUT2D eigenvalue weighted by Crippen LogP contribution is 2.33. The summed E-state index contributed by atoms with van der Waals surface area (Å²) in [5, 5.41) is 0. The van der Waals surface area contributed by atoms with Crippen LogP contribution in [-0.2, 0) is 16.0 Å². The summed E-state index contributed by atoms with van der Waals surface area (Å²) in [5.74, 6) is -0.246. The number of halogens is 1. The zero-order valence-electron chi connectivity index (χ0n) is 8.92. The van der Waals surface area contributed by atoms with Crippen LogP contribution in [0.25, 0.3) is 6.08 Å². The molecule has 4 heteroatoms. The summed E-state index contributed by atoms with van der Waals surface area (Å²) in [6.45, 7) is 2.20. The standard InChI is InChI=1S/C12H12BrNO2/c1-2-16-12(15)8-3-7-4-9(14)6-11(13)10(7)5-8/h3-4,6H,2,5,14H2,1H3. The van der Waals surface area contributed by atoms with Crippen LogP contribution >= 0.6 is 15.9 Å². The second kappa shape index (κ2) is 4.29. The first-order valence-corrected chi connectivity index (χ1v) is 5.86. The van der Waals surface area contributed by atoms with Crippen LogP contribution in [-0.4, -0.2) is 12.6 Å². The van der Waals surface area contributed by atoms with Crippen molar-refractivity contribution in [2.75, 3.05) is 12.3 Å². The fourth-order valence-corrected chi connectivity index (χ4v) is 2.41. The summed E-state index contributed by atoms with van der Waals surface area (Å²) in [6, 6.07) is 3.72. The van der Waals surface area contributed by atoms with Crippen LogP contribution in [0.1, 0.15) is 18.1 Å². The van der Waals surface area contributed by atoms with Crippen LogP contribution in [0.4, 0.5) is 5.69 Å². The average Bonchev–Trinajstić information content (AvgIpc) is 2.62. The van der Waals surface area contributed by atoms with E-state index in [1.165, 1.54) is 0 Å². The molecule has 0 atom stereocenters. The summed E-state index contributed by atoms with van der Waals surface area (Å²) < 4.78 is 5.92. The second-order valence-corrected chi connectivity index (χ2v) is 4.49. The SMILES string of the molecule is CCOC(=O)C1=Cc2cc(N)cc(Br)c2C1. The van der Waals surface area contributed by atoms with Gasteiger partial charge in [-0.05, 0) is 36.3 Å². The lowest BCUT2D eigenvalue weighted by Gasteiger charge is -2.04. The van der Waals surface area contributed by atoms with E-state index in [2.05, 4.69) is 15.9 Å². The normalized spacial score (nSPS) is 13.2. The highest BCUT2D eigenvalue weighted by Gasteiger charge is 2.21. The molecule has 0 saturated carbocycles. The van der Waals surface area contributed by atoms with Crippen molar-refractivity contribution in [3.8, 4) is 0 Å². The Hall–Kier alpha value is -1.29. The van der Waals surface area contributed by atoms with E-state index in [-0.39, 0.29) is 5.97 Å². The Kier molecular flexibility index (Phi) is 3.01. The van der Waals surface area contributed by atoms with Gasteiger partial charge in [0.15, 0.2) is 0 Å². The zero-order chi connectivity index (χ0) is 11.7.